The highest BCUT2D eigenvalue weighted by Crippen LogP contribution is 2.24. The number of aromatic amines is 1. The average molecular weight is 348 g/mol. The molecule has 0 radical (unpaired) electrons. The summed E-state index contributed by atoms with van der Waals surface area (Å²) >= 11 is 6.01. The second-order valence-corrected chi connectivity index (χ2v) is 6.25. The summed E-state index contributed by atoms with van der Waals surface area (Å²) in [5.41, 5.74) is 1.17. The van der Waals surface area contributed by atoms with E-state index in [0.29, 0.717) is 35.1 Å². The van der Waals surface area contributed by atoms with Crippen LogP contribution >= 0.6 is 11.6 Å². The number of urea groups is 1. The molecule has 0 saturated carbocycles. The van der Waals surface area contributed by atoms with Crippen molar-refractivity contribution in [2.24, 2.45) is 5.92 Å². The third-order valence-corrected chi connectivity index (χ3v) is 4.38. The van der Waals surface area contributed by atoms with Gasteiger partial charge in [0, 0.05) is 42.4 Å². The van der Waals surface area contributed by atoms with Crippen molar-refractivity contribution in [1.82, 2.24) is 9.88 Å². The molecule has 1 aromatic carbocycles. The molecule has 6 nitrogen and oxygen atoms in total. The van der Waals surface area contributed by atoms with Gasteiger partial charge >= 0.3 is 6.03 Å². The van der Waals surface area contributed by atoms with Crippen LogP contribution in [0.2, 0.25) is 5.02 Å². The number of rotatable bonds is 4. The van der Waals surface area contributed by atoms with Gasteiger partial charge in [-0.15, -0.1) is 0 Å². The maximum atomic E-state index is 12.6. The second-order valence-electron chi connectivity index (χ2n) is 5.82. The molecule has 1 aliphatic rings. The van der Waals surface area contributed by atoms with Crippen LogP contribution < -0.4 is 5.32 Å². The molecule has 7 heteroatoms. The Morgan fingerprint density at radius 2 is 2.21 bits per heavy atom. The lowest BCUT2D eigenvalue weighted by atomic mass is 10.1. The Kier molecular flexibility index (Phi) is 4.87. The molecule has 2 aromatic rings. The summed E-state index contributed by atoms with van der Waals surface area (Å²) in [5.74, 6) is -0.131. The lowest BCUT2D eigenvalue weighted by Crippen LogP contribution is -2.33. The molecule has 0 aliphatic carbocycles. The van der Waals surface area contributed by atoms with Crippen molar-refractivity contribution >= 4 is 29.1 Å². The van der Waals surface area contributed by atoms with Crippen LogP contribution in [0.4, 0.5) is 10.5 Å². The molecule has 1 aromatic heterocycles. The molecule has 1 atom stereocenters. The average Bonchev–Trinajstić information content (AvgIpc) is 3.27. The number of benzene rings is 1. The maximum Gasteiger partial charge on any atom is 0.321 e. The number of H-pyrrole nitrogens is 1. The van der Waals surface area contributed by atoms with E-state index in [9.17, 15) is 14.7 Å². The molecule has 2 heterocycles. The Morgan fingerprint density at radius 3 is 2.88 bits per heavy atom. The number of aromatic nitrogens is 1. The van der Waals surface area contributed by atoms with Crippen LogP contribution in [0.3, 0.4) is 0 Å². The summed E-state index contributed by atoms with van der Waals surface area (Å²) in [6, 6.07) is 7.91. The van der Waals surface area contributed by atoms with E-state index < -0.39 is 0 Å². The summed E-state index contributed by atoms with van der Waals surface area (Å²) in [6.45, 7) is 1.17. The maximum absolute atomic E-state index is 12.6. The third kappa shape index (κ3) is 3.44. The lowest BCUT2D eigenvalue weighted by Gasteiger charge is -2.18. The van der Waals surface area contributed by atoms with Crippen LogP contribution in [0, 0.1) is 5.92 Å². The van der Waals surface area contributed by atoms with Gasteiger partial charge in [0.05, 0.1) is 11.4 Å². The van der Waals surface area contributed by atoms with Crippen LogP contribution in [-0.2, 0) is 0 Å². The highest BCUT2D eigenvalue weighted by molar-refractivity contribution is 6.31. The fraction of sp³-hybridized carbons (Fsp3) is 0.294. The minimum absolute atomic E-state index is 0.0707. The zero-order chi connectivity index (χ0) is 17.1. The molecule has 1 unspecified atom stereocenters. The first kappa shape index (κ1) is 16.5. The fourth-order valence-corrected chi connectivity index (χ4v) is 2.96. The van der Waals surface area contributed by atoms with E-state index in [0.717, 1.165) is 6.42 Å². The Balaban J connectivity index is 1.81. The van der Waals surface area contributed by atoms with Crippen molar-refractivity contribution < 1.29 is 14.7 Å². The van der Waals surface area contributed by atoms with E-state index in [1.165, 1.54) is 0 Å². The van der Waals surface area contributed by atoms with Gasteiger partial charge in [-0.25, -0.2) is 4.79 Å². The molecule has 3 N–H and O–H groups in total. The van der Waals surface area contributed by atoms with Crippen molar-refractivity contribution in [1.29, 1.82) is 0 Å². The highest BCUT2D eigenvalue weighted by atomic mass is 35.5. The zero-order valence-corrected chi connectivity index (χ0v) is 13.7. The number of hydrogen-bond donors (Lipinski definition) is 3. The van der Waals surface area contributed by atoms with Crippen molar-refractivity contribution in [3.8, 4) is 0 Å². The molecule has 3 rings (SSSR count). The minimum Gasteiger partial charge on any atom is -0.396 e. The van der Waals surface area contributed by atoms with Gasteiger partial charge in [-0.2, -0.15) is 0 Å². The number of nitrogens with zero attached hydrogens (tertiary/aromatic N) is 1. The number of aliphatic hydroxyl groups excluding tert-OH is 1. The molecule has 1 aliphatic heterocycles. The van der Waals surface area contributed by atoms with Crippen LogP contribution in [0.5, 0.6) is 0 Å². The number of carbonyl (C=O) groups is 2. The highest BCUT2D eigenvalue weighted by Gasteiger charge is 2.26. The number of hydrogen-bond acceptors (Lipinski definition) is 3. The zero-order valence-electron chi connectivity index (χ0n) is 13.0. The van der Waals surface area contributed by atoms with Crippen molar-refractivity contribution in [3.05, 3.63) is 52.8 Å². The normalized spacial score (nSPS) is 17.1. The standard InChI is InChI=1S/C17H18ClN3O3/c18-12-3-4-14(13(8-12)16(23)15-2-1-6-19-15)20-17(24)21-7-5-11(9-21)10-22/h1-4,6,8,11,19,22H,5,7,9-10H2,(H,20,24). The van der Waals surface area contributed by atoms with E-state index in [1.807, 2.05) is 0 Å². The number of carbonyl (C=O) groups excluding carboxylic acids is 2. The SMILES string of the molecule is O=C(c1ccc[nH]1)c1cc(Cl)ccc1NC(=O)N1CCC(CO)C1. The number of nitrogens with one attached hydrogen (secondary N) is 2. The fourth-order valence-electron chi connectivity index (χ4n) is 2.79. The van der Waals surface area contributed by atoms with Crippen molar-refractivity contribution in [2.75, 3.05) is 25.0 Å². The van der Waals surface area contributed by atoms with E-state index in [1.54, 1.807) is 41.4 Å². The van der Waals surface area contributed by atoms with Gasteiger partial charge in [0.2, 0.25) is 5.78 Å². The van der Waals surface area contributed by atoms with Gasteiger partial charge in [-0.05, 0) is 36.8 Å². The van der Waals surface area contributed by atoms with E-state index in [2.05, 4.69) is 10.3 Å². The van der Waals surface area contributed by atoms with Crippen molar-refractivity contribution in [2.45, 2.75) is 6.42 Å². The molecule has 1 saturated heterocycles. The van der Waals surface area contributed by atoms with Gasteiger partial charge in [0.25, 0.3) is 0 Å². The molecule has 24 heavy (non-hydrogen) atoms. The molecule has 0 bridgehead atoms. The molecule has 126 valence electrons. The quantitative estimate of drug-likeness (QED) is 0.743. The number of ketones is 1. The number of aliphatic hydroxyl groups is 1. The van der Waals surface area contributed by atoms with Gasteiger partial charge in [-0.1, -0.05) is 11.6 Å². The van der Waals surface area contributed by atoms with Gasteiger partial charge in [-0.3, -0.25) is 4.79 Å². The van der Waals surface area contributed by atoms with E-state index in [-0.39, 0.29) is 24.3 Å². The van der Waals surface area contributed by atoms with E-state index >= 15 is 0 Å². The van der Waals surface area contributed by atoms with E-state index in [4.69, 9.17) is 11.6 Å². The van der Waals surface area contributed by atoms with Gasteiger partial charge in [0.15, 0.2) is 0 Å². The number of anilines is 1. The van der Waals surface area contributed by atoms with Crippen LogP contribution in [0.15, 0.2) is 36.5 Å². The molecule has 1 fully saturated rings. The van der Waals surface area contributed by atoms with Crippen LogP contribution in [0.25, 0.3) is 0 Å². The number of likely N-dealkylation sites (tertiary alicyclic amines) is 1. The topological polar surface area (TPSA) is 85.4 Å². The predicted octanol–water partition coefficient (Wildman–Crippen LogP) is 2.75. The smallest absolute Gasteiger partial charge is 0.321 e. The molecular formula is C17H18ClN3O3. The Hall–Kier alpha value is -2.31. The summed E-state index contributed by atoms with van der Waals surface area (Å²) in [7, 11) is 0. The second kappa shape index (κ2) is 7.07. The summed E-state index contributed by atoms with van der Waals surface area (Å²) < 4.78 is 0. The van der Waals surface area contributed by atoms with Crippen LogP contribution in [0.1, 0.15) is 22.5 Å². The summed E-state index contributed by atoms with van der Waals surface area (Å²) in [4.78, 5) is 29.5. The van der Waals surface area contributed by atoms with Gasteiger partial charge in [0.1, 0.15) is 0 Å². The van der Waals surface area contributed by atoms with Gasteiger partial charge < -0.3 is 20.3 Å². The third-order valence-electron chi connectivity index (χ3n) is 4.14. The first-order valence-electron chi connectivity index (χ1n) is 7.73. The van der Waals surface area contributed by atoms with Crippen molar-refractivity contribution in [3.63, 3.8) is 0 Å². The van der Waals surface area contributed by atoms with Crippen LogP contribution in [-0.4, -0.2) is 46.5 Å². The molecule has 0 spiro atoms. The number of halogens is 1. The lowest BCUT2D eigenvalue weighted by molar-refractivity contribution is 0.103. The first-order chi connectivity index (χ1) is 11.6. The first-order valence-corrected chi connectivity index (χ1v) is 8.10. The summed E-state index contributed by atoms with van der Waals surface area (Å²) in [6.07, 6.45) is 2.44. The molecular weight excluding hydrogens is 330 g/mol. The minimum atomic E-state index is -0.284. The predicted molar refractivity (Wildman–Crippen MR) is 91.5 cm³/mol. The Morgan fingerprint density at radius 1 is 1.38 bits per heavy atom. The Labute approximate surface area is 144 Å². The monoisotopic (exact) mass is 347 g/mol. The number of amides is 2. The largest absolute Gasteiger partial charge is 0.396 e. The molecule has 2 amide bonds. The summed E-state index contributed by atoms with van der Waals surface area (Å²) in [5, 5.41) is 12.4. The Bertz CT molecular complexity index is 746.